The third-order valence-electron chi connectivity index (χ3n) is 10.9. The van der Waals surface area contributed by atoms with Crippen molar-refractivity contribution < 1.29 is 20.4 Å². The normalized spacial score (nSPS) is 16.2. The highest BCUT2D eigenvalue weighted by atomic mass is 16.3. The van der Waals surface area contributed by atoms with Gasteiger partial charge >= 0.3 is 0 Å². The topological polar surface area (TPSA) is 80.9 Å². The molecular formula is C43H51O4. The molecule has 2 aliphatic carbocycles. The molecule has 2 saturated carbocycles. The third-order valence-corrected chi connectivity index (χ3v) is 10.9. The van der Waals surface area contributed by atoms with E-state index >= 15 is 0 Å². The second kappa shape index (κ2) is 14.5. The van der Waals surface area contributed by atoms with E-state index in [9.17, 15) is 20.4 Å². The van der Waals surface area contributed by atoms with Crippen LogP contribution < -0.4 is 0 Å². The van der Waals surface area contributed by atoms with Crippen LogP contribution in [0.2, 0.25) is 0 Å². The molecule has 4 aromatic rings. The molecule has 6 rings (SSSR count). The van der Waals surface area contributed by atoms with Crippen LogP contribution in [-0.4, -0.2) is 20.4 Å². The second-order valence-electron chi connectivity index (χ2n) is 14.3. The van der Waals surface area contributed by atoms with Gasteiger partial charge in [-0.15, -0.1) is 0 Å². The van der Waals surface area contributed by atoms with Crippen LogP contribution in [-0.2, 0) is 12.8 Å². The monoisotopic (exact) mass is 631 g/mol. The van der Waals surface area contributed by atoms with Crippen molar-refractivity contribution >= 4 is 0 Å². The van der Waals surface area contributed by atoms with Gasteiger partial charge in [0.2, 0.25) is 0 Å². The molecule has 2 aliphatic rings. The van der Waals surface area contributed by atoms with Crippen molar-refractivity contribution in [2.24, 2.45) is 0 Å². The zero-order valence-electron chi connectivity index (χ0n) is 28.4. The standard InChI is InChI=1S/C43H51O4/c1-4-37(31-21-35(23-33-19-27(2)15-17-40(33)44)42(46)38(25-31)29-11-7-5-8-12-29)32-22-36(24-34-20-28(3)16-18-41(34)45)43(47)39(26-32)30-13-9-6-10-14-30/h4,15-22,25-26,29-30,37,44-47H,5-14,23-24H2,1-3H3. The molecule has 0 saturated heterocycles. The summed E-state index contributed by atoms with van der Waals surface area (Å²) >= 11 is 0. The SMILES string of the molecule is C[CH]C(c1cc(Cc2cc(C)ccc2O)c(O)c(C2CCCCC2)c1)c1cc(Cc2cc(C)ccc2O)c(O)c(C2CCCCC2)c1. The molecule has 4 heteroatoms. The van der Waals surface area contributed by atoms with Crippen LogP contribution in [0.4, 0.5) is 0 Å². The van der Waals surface area contributed by atoms with Crippen molar-refractivity contribution in [1.29, 1.82) is 0 Å². The van der Waals surface area contributed by atoms with Gasteiger partial charge in [0.15, 0.2) is 0 Å². The molecule has 2 fully saturated rings. The molecule has 247 valence electrons. The minimum Gasteiger partial charge on any atom is -0.508 e. The first-order valence-corrected chi connectivity index (χ1v) is 17.8. The zero-order chi connectivity index (χ0) is 33.1. The summed E-state index contributed by atoms with van der Waals surface area (Å²) in [4.78, 5) is 0. The first-order chi connectivity index (χ1) is 22.7. The Labute approximate surface area is 281 Å². The van der Waals surface area contributed by atoms with Crippen LogP contribution >= 0.6 is 0 Å². The van der Waals surface area contributed by atoms with E-state index in [1.165, 1.54) is 38.5 Å². The summed E-state index contributed by atoms with van der Waals surface area (Å²) in [7, 11) is 0. The number of aryl methyl sites for hydroxylation is 2. The second-order valence-corrected chi connectivity index (χ2v) is 14.3. The minimum atomic E-state index is -0.0596. The van der Waals surface area contributed by atoms with E-state index in [4.69, 9.17) is 0 Å². The summed E-state index contributed by atoms with van der Waals surface area (Å²) in [5.41, 5.74) is 9.75. The maximum absolute atomic E-state index is 11.8. The first kappa shape index (κ1) is 33.0. The lowest BCUT2D eigenvalue weighted by Crippen LogP contribution is -2.11. The van der Waals surface area contributed by atoms with Gasteiger partial charge in [-0.3, -0.25) is 0 Å². The number of aromatic hydroxyl groups is 4. The number of hydrogen-bond acceptors (Lipinski definition) is 4. The lowest BCUT2D eigenvalue weighted by atomic mass is 9.77. The van der Waals surface area contributed by atoms with Crippen molar-refractivity contribution in [2.75, 3.05) is 0 Å². The maximum Gasteiger partial charge on any atom is 0.122 e. The predicted molar refractivity (Wildman–Crippen MR) is 191 cm³/mol. The van der Waals surface area contributed by atoms with Gasteiger partial charge in [-0.1, -0.05) is 105 Å². The summed E-state index contributed by atoms with van der Waals surface area (Å²) in [6, 6.07) is 20.0. The van der Waals surface area contributed by atoms with Gasteiger partial charge in [0.05, 0.1) is 0 Å². The number of phenolic OH excluding ortho intramolecular Hbond substituents is 4. The average molecular weight is 632 g/mol. The molecule has 0 aliphatic heterocycles. The smallest absolute Gasteiger partial charge is 0.122 e. The fraction of sp³-hybridized carbons (Fsp3) is 0.419. The summed E-state index contributed by atoms with van der Waals surface area (Å²) in [6.07, 6.45) is 14.6. The molecule has 0 atom stereocenters. The Bertz CT molecular complexity index is 1580. The fourth-order valence-corrected chi connectivity index (χ4v) is 8.27. The summed E-state index contributed by atoms with van der Waals surface area (Å²) in [5.74, 6) is 1.78. The van der Waals surface area contributed by atoms with E-state index < -0.39 is 0 Å². The van der Waals surface area contributed by atoms with Gasteiger partial charge < -0.3 is 20.4 Å². The molecule has 4 N–H and O–H groups in total. The molecule has 0 heterocycles. The van der Waals surface area contributed by atoms with Gasteiger partial charge in [0.1, 0.15) is 23.0 Å². The summed E-state index contributed by atoms with van der Waals surface area (Å²) in [5, 5.41) is 45.0. The average Bonchev–Trinajstić information content (AvgIpc) is 3.08. The van der Waals surface area contributed by atoms with Crippen molar-refractivity contribution in [3.8, 4) is 23.0 Å². The van der Waals surface area contributed by atoms with Crippen LogP contribution in [0, 0.1) is 20.3 Å². The number of phenols is 4. The molecule has 47 heavy (non-hydrogen) atoms. The molecule has 0 unspecified atom stereocenters. The van der Waals surface area contributed by atoms with E-state index in [2.05, 4.69) is 37.6 Å². The lowest BCUT2D eigenvalue weighted by Gasteiger charge is -2.28. The van der Waals surface area contributed by atoms with Gasteiger partial charge in [-0.05, 0) is 114 Å². The molecule has 4 aromatic carbocycles. The third kappa shape index (κ3) is 7.32. The number of rotatable bonds is 9. The van der Waals surface area contributed by atoms with E-state index in [-0.39, 0.29) is 17.4 Å². The van der Waals surface area contributed by atoms with Crippen LogP contribution in [0.3, 0.4) is 0 Å². The van der Waals surface area contributed by atoms with Gasteiger partial charge in [-0.2, -0.15) is 0 Å². The first-order valence-electron chi connectivity index (χ1n) is 17.8. The molecule has 4 nitrogen and oxygen atoms in total. The molecule has 0 spiro atoms. The minimum absolute atomic E-state index is 0.0596. The van der Waals surface area contributed by atoms with Crippen LogP contribution in [0.15, 0.2) is 60.7 Å². The predicted octanol–water partition coefficient (Wildman–Crippen LogP) is 10.8. The highest BCUT2D eigenvalue weighted by Crippen LogP contribution is 2.45. The largest absolute Gasteiger partial charge is 0.508 e. The zero-order valence-corrected chi connectivity index (χ0v) is 28.4. The Balaban J connectivity index is 1.48. The Morgan fingerprint density at radius 1 is 0.553 bits per heavy atom. The van der Waals surface area contributed by atoms with Gasteiger partial charge in [0, 0.05) is 18.8 Å². The quantitative estimate of drug-likeness (QED) is 0.148. The number of benzene rings is 4. The van der Waals surface area contributed by atoms with Crippen molar-refractivity contribution in [3.63, 3.8) is 0 Å². The molecule has 0 bridgehead atoms. The number of hydrogen-bond donors (Lipinski definition) is 4. The Morgan fingerprint density at radius 3 is 1.34 bits per heavy atom. The highest BCUT2D eigenvalue weighted by molar-refractivity contribution is 5.55. The van der Waals surface area contributed by atoms with Crippen molar-refractivity contribution in [2.45, 2.75) is 116 Å². The molecule has 0 amide bonds. The van der Waals surface area contributed by atoms with Crippen LogP contribution in [0.25, 0.3) is 0 Å². The van der Waals surface area contributed by atoms with Crippen LogP contribution in [0.5, 0.6) is 23.0 Å². The lowest BCUT2D eigenvalue weighted by molar-refractivity contribution is 0.410. The van der Waals surface area contributed by atoms with Gasteiger partial charge in [0.25, 0.3) is 0 Å². The fourth-order valence-electron chi connectivity index (χ4n) is 8.27. The van der Waals surface area contributed by atoms with Crippen molar-refractivity contribution in [1.82, 2.24) is 0 Å². The van der Waals surface area contributed by atoms with Gasteiger partial charge in [-0.25, -0.2) is 0 Å². The summed E-state index contributed by atoms with van der Waals surface area (Å²) < 4.78 is 0. The maximum atomic E-state index is 11.8. The summed E-state index contributed by atoms with van der Waals surface area (Å²) in [6.45, 7) is 6.15. The molecule has 0 aromatic heterocycles. The van der Waals surface area contributed by atoms with Crippen LogP contribution in [0.1, 0.15) is 145 Å². The Hall–Kier alpha value is -3.92. The van der Waals surface area contributed by atoms with E-state index in [0.29, 0.717) is 36.2 Å². The Morgan fingerprint density at radius 2 is 0.957 bits per heavy atom. The van der Waals surface area contributed by atoms with E-state index in [0.717, 1.165) is 81.3 Å². The molecular weight excluding hydrogens is 580 g/mol. The highest BCUT2D eigenvalue weighted by Gasteiger charge is 2.27. The molecule has 1 radical (unpaired) electrons. The van der Waals surface area contributed by atoms with E-state index in [1.54, 1.807) is 12.1 Å². The van der Waals surface area contributed by atoms with Crippen molar-refractivity contribution in [3.05, 3.63) is 123 Å². The van der Waals surface area contributed by atoms with E-state index in [1.807, 2.05) is 38.1 Å². The Kier molecular flexibility index (Phi) is 10.2.